The zero-order valence-electron chi connectivity index (χ0n) is 10.2. The second kappa shape index (κ2) is 4.02. The van der Waals surface area contributed by atoms with E-state index in [0.717, 1.165) is 22.4 Å². The molecule has 3 aromatic rings. The van der Waals surface area contributed by atoms with Gasteiger partial charge in [-0.1, -0.05) is 30.3 Å². The SMILES string of the molecule is c1ccc2c(c1)OCC2Nc1nc2ccccc2o1. The van der Waals surface area contributed by atoms with Gasteiger partial charge in [-0.15, -0.1) is 0 Å². The van der Waals surface area contributed by atoms with Gasteiger partial charge in [-0.2, -0.15) is 4.98 Å². The number of rotatable bonds is 2. The third-order valence-corrected chi connectivity index (χ3v) is 3.29. The molecule has 0 saturated heterocycles. The maximum atomic E-state index is 5.67. The number of anilines is 1. The van der Waals surface area contributed by atoms with Gasteiger partial charge in [0, 0.05) is 5.56 Å². The Kier molecular flexibility index (Phi) is 2.21. The summed E-state index contributed by atoms with van der Waals surface area (Å²) in [4.78, 5) is 4.42. The molecule has 0 amide bonds. The topological polar surface area (TPSA) is 47.3 Å². The number of ether oxygens (including phenoxy) is 1. The van der Waals surface area contributed by atoms with E-state index < -0.39 is 0 Å². The number of para-hydroxylation sites is 3. The van der Waals surface area contributed by atoms with Gasteiger partial charge in [0.25, 0.3) is 6.01 Å². The van der Waals surface area contributed by atoms with E-state index in [1.54, 1.807) is 0 Å². The van der Waals surface area contributed by atoms with E-state index in [4.69, 9.17) is 9.15 Å². The van der Waals surface area contributed by atoms with Crippen molar-refractivity contribution in [3.63, 3.8) is 0 Å². The van der Waals surface area contributed by atoms with Crippen molar-refractivity contribution in [2.45, 2.75) is 6.04 Å². The summed E-state index contributed by atoms with van der Waals surface area (Å²) in [6.07, 6.45) is 0. The van der Waals surface area contributed by atoms with Crippen molar-refractivity contribution in [1.82, 2.24) is 4.98 Å². The molecule has 0 aliphatic carbocycles. The number of oxazole rings is 1. The minimum Gasteiger partial charge on any atom is -0.491 e. The van der Waals surface area contributed by atoms with Crippen LogP contribution in [0.3, 0.4) is 0 Å². The van der Waals surface area contributed by atoms with Gasteiger partial charge in [0.05, 0.1) is 6.04 Å². The molecular formula is C15H12N2O2. The lowest BCUT2D eigenvalue weighted by Gasteiger charge is -2.08. The van der Waals surface area contributed by atoms with Crippen molar-refractivity contribution >= 4 is 17.1 Å². The molecule has 0 spiro atoms. The lowest BCUT2D eigenvalue weighted by molar-refractivity contribution is 0.338. The maximum Gasteiger partial charge on any atom is 0.296 e. The number of nitrogens with one attached hydrogen (secondary N) is 1. The Morgan fingerprint density at radius 3 is 2.84 bits per heavy atom. The highest BCUT2D eigenvalue weighted by Crippen LogP contribution is 2.34. The number of hydrogen-bond donors (Lipinski definition) is 1. The third kappa shape index (κ3) is 1.73. The van der Waals surface area contributed by atoms with Gasteiger partial charge in [0.2, 0.25) is 0 Å². The molecule has 0 radical (unpaired) electrons. The van der Waals surface area contributed by atoms with Crippen molar-refractivity contribution in [2.24, 2.45) is 0 Å². The van der Waals surface area contributed by atoms with Crippen LogP contribution in [-0.2, 0) is 0 Å². The monoisotopic (exact) mass is 252 g/mol. The van der Waals surface area contributed by atoms with Gasteiger partial charge >= 0.3 is 0 Å². The van der Waals surface area contributed by atoms with E-state index in [1.807, 2.05) is 42.5 Å². The number of benzene rings is 2. The predicted octanol–water partition coefficient (Wildman–Crippen LogP) is 3.37. The summed E-state index contributed by atoms with van der Waals surface area (Å²) in [6.45, 7) is 0.595. The molecule has 2 aromatic carbocycles. The van der Waals surface area contributed by atoms with E-state index >= 15 is 0 Å². The molecule has 1 N–H and O–H groups in total. The lowest BCUT2D eigenvalue weighted by atomic mass is 10.1. The summed E-state index contributed by atoms with van der Waals surface area (Å²) >= 11 is 0. The zero-order chi connectivity index (χ0) is 12.7. The van der Waals surface area contributed by atoms with Crippen LogP contribution >= 0.6 is 0 Å². The van der Waals surface area contributed by atoms with Crippen LogP contribution < -0.4 is 10.1 Å². The van der Waals surface area contributed by atoms with Gasteiger partial charge in [-0.05, 0) is 18.2 Å². The van der Waals surface area contributed by atoms with Crippen LogP contribution in [0.4, 0.5) is 6.01 Å². The first kappa shape index (κ1) is 10.4. The fourth-order valence-electron chi connectivity index (χ4n) is 2.37. The molecule has 2 heterocycles. The van der Waals surface area contributed by atoms with Gasteiger partial charge in [0.1, 0.15) is 17.9 Å². The quantitative estimate of drug-likeness (QED) is 0.759. The van der Waals surface area contributed by atoms with Gasteiger partial charge in [-0.3, -0.25) is 0 Å². The highest BCUT2D eigenvalue weighted by molar-refractivity contribution is 5.74. The Hall–Kier alpha value is -2.49. The molecule has 1 aliphatic heterocycles. The summed E-state index contributed by atoms with van der Waals surface area (Å²) in [5, 5.41) is 3.28. The van der Waals surface area contributed by atoms with Crippen molar-refractivity contribution in [1.29, 1.82) is 0 Å². The third-order valence-electron chi connectivity index (χ3n) is 3.29. The molecule has 4 nitrogen and oxygen atoms in total. The Labute approximate surface area is 110 Å². The smallest absolute Gasteiger partial charge is 0.296 e. The first-order chi connectivity index (χ1) is 9.40. The summed E-state index contributed by atoms with van der Waals surface area (Å²) in [5.74, 6) is 0.927. The molecular weight excluding hydrogens is 240 g/mol. The van der Waals surface area contributed by atoms with E-state index in [1.165, 1.54) is 0 Å². The number of nitrogens with zero attached hydrogens (tertiary/aromatic N) is 1. The molecule has 1 aromatic heterocycles. The van der Waals surface area contributed by atoms with Gasteiger partial charge in [-0.25, -0.2) is 0 Å². The fourth-order valence-corrected chi connectivity index (χ4v) is 2.37. The Bertz CT molecular complexity index is 703. The van der Waals surface area contributed by atoms with Crippen LogP contribution in [0.1, 0.15) is 11.6 Å². The minimum atomic E-state index is 0.0873. The number of aromatic nitrogens is 1. The molecule has 1 atom stereocenters. The molecule has 0 fully saturated rings. The molecule has 1 unspecified atom stereocenters. The highest BCUT2D eigenvalue weighted by atomic mass is 16.5. The van der Waals surface area contributed by atoms with Crippen LogP contribution in [-0.4, -0.2) is 11.6 Å². The zero-order valence-corrected chi connectivity index (χ0v) is 10.2. The standard InChI is InChI=1S/C15H12N2O2/c1-3-7-13-10(5-1)12(9-18-13)17-15-16-11-6-2-4-8-14(11)19-15/h1-8,12H,9H2,(H,16,17). The van der Waals surface area contributed by atoms with Crippen molar-refractivity contribution in [2.75, 3.05) is 11.9 Å². The van der Waals surface area contributed by atoms with Crippen LogP contribution in [0.2, 0.25) is 0 Å². The Morgan fingerprint density at radius 2 is 1.89 bits per heavy atom. The second-order valence-corrected chi connectivity index (χ2v) is 4.53. The van der Waals surface area contributed by atoms with Crippen LogP contribution in [0, 0.1) is 0 Å². The molecule has 19 heavy (non-hydrogen) atoms. The van der Waals surface area contributed by atoms with Gasteiger partial charge in [0.15, 0.2) is 5.58 Å². The normalized spacial score (nSPS) is 17.2. The van der Waals surface area contributed by atoms with E-state index in [2.05, 4.69) is 16.4 Å². The Balaban J connectivity index is 1.65. The van der Waals surface area contributed by atoms with E-state index in [9.17, 15) is 0 Å². The van der Waals surface area contributed by atoms with Crippen molar-refractivity contribution in [3.05, 3.63) is 54.1 Å². The van der Waals surface area contributed by atoms with Crippen LogP contribution in [0.25, 0.3) is 11.1 Å². The molecule has 0 saturated carbocycles. The first-order valence-corrected chi connectivity index (χ1v) is 6.24. The summed E-state index contributed by atoms with van der Waals surface area (Å²) in [6, 6.07) is 16.4. The minimum absolute atomic E-state index is 0.0873. The molecule has 1 aliphatic rings. The number of fused-ring (bicyclic) bond motifs is 2. The molecule has 0 bridgehead atoms. The number of hydrogen-bond acceptors (Lipinski definition) is 4. The van der Waals surface area contributed by atoms with Crippen LogP contribution in [0.5, 0.6) is 5.75 Å². The van der Waals surface area contributed by atoms with Crippen molar-refractivity contribution in [3.8, 4) is 5.75 Å². The maximum absolute atomic E-state index is 5.67. The molecule has 94 valence electrons. The first-order valence-electron chi connectivity index (χ1n) is 6.24. The fraction of sp³-hybridized carbons (Fsp3) is 0.133. The van der Waals surface area contributed by atoms with Gasteiger partial charge < -0.3 is 14.5 Å². The average Bonchev–Trinajstić information content (AvgIpc) is 3.03. The lowest BCUT2D eigenvalue weighted by Crippen LogP contribution is -2.11. The summed E-state index contributed by atoms with van der Waals surface area (Å²) in [7, 11) is 0. The summed E-state index contributed by atoms with van der Waals surface area (Å²) in [5.41, 5.74) is 2.79. The van der Waals surface area contributed by atoms with Crippen molar-refractivity contribution < 1.29 is 9.15 Å². The molecule has 4 rings (SSSR count). The van der Waals surface area contributed by atoms with Crippen LogP contribution in [0.15, 0.2) is 52.9 Å². The predicted molar refractivity (Wildman–Crippen MR) is 72.3 cm³/mol. The molecule has 4 heteroatoms. The van der Waals surface area contributed by atoms with E-state index in [-0.39, 0.29) is 6.04 Å². The highest BCUT2D eigenvalue weighted by Gasteiger charge is 2.24. The summed E-state index contributed by atoms with van der Waals surface area (Å²) < 4.78 is 11.3. The second-order valence-electron chi connectivity index (χ2n) is 4.53. The van der Waals surface area contributed by atoms with E-state index in [0.29, 0.717) is 12.6 Å². The largest absolute Gasteiger partial charge is 0.491 e. The Morgan fingerprint density at radius 1 is 1.05 bits per heavy atom. The average molecular weight is 252 g/mol.